The van der Waals surface area contributed by atoms with Gasteiger partial charge in [-0.25, -0.2) is 0 Å². The zero-order valence-corrected chi connectivity index (χ0v) is 42.7. The Balaban J connectivity index is 2.19. The number of ether oxygens (including phenoxy) is 2. The van der Waals surface area contributed by atoms with E-state index in [0.717, 1.165) is 44.9 Å². The normalized spacial score (nSPS) is 20.1. The van der Waals surface area contributed by atoms with Crippen molar-refractivity contribution in [3.8, 4) is 0 Å². The number of carbonyl (C=O) groups is 1. The summed E-state index contributed by atoms with van der Waals surface area (Å²) in [5.74, 6) is -0.187. The number of hydrogen-bond donors (Lipinski definition) is 6. The second kappa shape index (κ2) is 46.9. The van der Waals surface area contributed by atoms with Crippen molar-refractivity contribution >= 4 is 5.91 Å². The highest BCUT2D eigenvalue weighted by Crippen LogP contribution is 2.23. The number of nitrogens with one attached hydrogen (secondary N) is 1. The third-order valence-electron chi connectivity index (χ3n) is 13.1. The molecule has 0 spiro atoms. The Hall–Kier alpha value is -1.85. The Kier molecular flexibility index (Phi) is 44.1. The number of allylic oxidation sites excluding steroid dienone is 7. The predicted octanol–water partition coefficient (Wildman–Crippen LogP) is 13.3. The van der Waals surface area contributed by atoms with Gasteiger partial charge in [0.25, 0.3) is 0 Å². The van der Waals surface area contributed by atoms with E-state index in [4.69, 9.17) is 9.47 Å². The number of hydrogen-bond acceptors (Lipinski definition) is 8. The van der Waals surface area contributed by atoms with Gasteiger partial charge in [0.2, 0.25) is 5.91 Å². The van der Waals surface area contributed by atoms with Crippen LogP contribution in [-0.2, 0) is 14.3 Å². The van der Waals surface area contributed by atoms with E-state index in [2.05, 4.69) is 55.6 Å². The smallest absolute Gasteiger partial charge is 0.220 e. The highest BCUT2D eigenvalue weighted by atomic mass is 16.7. The maximum Gasteiger partial charge on any atom is 0.220 e. The van der Waals surface area contributed by atoms with Crippen LogP contribution in [0, 0.1) is 0 Å². The summed E-state index contributed by atoms with van der Waals surface area (Å²) in [6.07, 6.45) is 54.7. The van der Waals surface area contributed by atoms with E-state index in [0.29, 0.717) is 6.42 Å². The molecule has 66 heavy (non-hydrogen) atoms. The van der Waals surface area contributed by atoms with Gasteiger partial charge in [0.1, 0.15) is 24.4 Å². The molecule has 0 aliphatic carbocycles. The first-order valence-corrected chi connectivity index (χ1v) is 27.9. The van der Waals surface area contributed by atoms with Crippen molar-refractivity contribution in [2.45, 2.75) is 294 Å². The van der Waals surface area contributed by atoms with Crippen molar-refractivity contribution < 1.29 is 39.8 Å². The summed E-state index contributed by atoms with van der Waals surface area (Å²) < 4.78 is 11.2. The van der Waals surface area contributed by atoms with E-state index in [1.54, 1.807) is 6.08 Å². The van der Waals surface area contributed by atoms with Gasteiger partial charge in [-0.3, -0.25) is 4.79 Å². The number of unbranched alkanes of at least 4 members (excludes halogenated alkanes) is 31. The number of aliphatic hydroxyl groups excluding tert-OH is 5. The molecular weight excluding hydrogens is 827 g/mol. The lowest BCUT2D eigenvalue weighted by atomic mass is 9.99. The minimum Gasteiger partial charge on any atom is -0.394 e. The first-order chi connectivity index (χ1) is 32.3. The van der Waals surface area contributed by atoms with Gasteiger partial charge >= 0.3 is 0 Å². The molecule has 7 unspecified atom stereocenters. The fourth-order valence-corrected chi connectivity index (χ4v) is 8.67. The van der Waals surface area contributed by atoms with Crippen LogP contribution in [0.1, 0.15) is 251 Å². The molecule has 6 N–H and O–H groups in total. The second-order valence-electron chi connectivity index (χ2n) is 19.4. The Morgan fingerprint density at radius 1 is 0.515 bits per heavy atom. The SMILES string of the molecule is CCCCCCCCCC/C=C/CC/C=C/C(O)C(COC1OC(CO)C(O)C(O)C1O)NC(=O)CCCCCCCCCCCCCCC/C=C\C/C=C\CCCCCCCCCCC. The Bertz CT molecular complexity index is 1170. The van der Waals surface area contributed by atoms with E-state index in [9.17, 15) is 30.3 Å². The molecule has 0 bridgehead atoms. The van der Waals surface area contributed by atoms with Crippen molar-refractivity contribution in [3.63, 3.8) is 0 Å². The lowest BCUT2D eigenvalue weighted by Gasteiger charge is -2.40. The second-order valence-corrected chi connectivity index (χ2v) is 19.4. The van der Waals surface area contributed by atoms with Crippen LogP contribution in [-0.4, -0.2) is 87.5 Å². The maximum atomic E-state index is 13.0. The average Bonchev–Trinajstić information content (AvgIpc) is 3.32. The average molecular weight is 932 g/mol. The highest BCUT2D eigenvalue weighted by Gasteiger charge is 2.44. The molecule has 1 fully saturated rings. The van der Waals surface area contributed by atoms with Gasteiger partial charge in [-0.15, -0.1) is 0 Å². The standard InChI is InChI=1S/C57H105NO8/c1-3-5-7-9-11-13-15-17-19-20-21-22-23-24-25-26-27-28-29-30-31-32-33-35-37-39-41-43-45-47-53(61)58-50(49-65-57-56(64)55(63)54(62)52(48-59)66-57)51(60)46-44-42-40-38-36-34-18-16-14-12-10-8-6-4-2/h21-22,24-25,36,38,44,46,50-52,54-57,59-60,62-64H,3-20,23,26-35,37,39-43,45,47-49H2,1-2H3,(H,58,61)/b22-21-,25-24-,38-36+,46-44+. The maximum absolute atomic E-state index is 13.0. The Morgan fingerprint density at radius 3 is 1.36 bits per heavy atom. The summed E-state index contributed by atoms with van der Waals surface area (Å²) in [5.41, 5.74) is 0. The quantitative estimate of drug-likeness (QED) is 0.0261. The fourth-order valence-electron chi connectivity index (χ4n) is 8.67. The summed E-state index contributed by atoms with van der Waals surface area (Å²) >= 11 is 0. The topological polar surface area (TPSA) is 149 Å². The summed E-state index contributed by atoms with van der Waals surface area (Å²) in [6.45, 7) is 3.76. The molecule has 1 rings (SSSR count). The molecule has 1 aliphatic rings. The van der Waals surface area contributed by atoms with Gasteiger partial charge in [0.15, 0.2) is 6.29 Å². The molecule has 1 saturated heterocycles. The van der Waals surface area contributed by atoms with Gasteiger partial charge in [-0.2, -0.15) is 0 Å². The molecule has 1 heterocycles. The third kappa shape index (κ3) is 36.2. The lowest BCUT2D eigenvalue weighted by Crippen LogP contribution is -2.60. The molecule has 9 nitrogen and oxygen atoms in total. The van der Waals surface area contributed by atoms with Crippen LogP contribution in [0.5, 0.6) is 0 Å². The molecule has 1 aliphatic heterocycles. The van der Waals surface area contributed by atoms with Crippen molar-refractivity contribution in [1.82, 2.24) is 5.32 Å². The lowest BCUT2D eigenvalue weighted by molar-refractivity contribution is -0.302. The molecule has 0 aromatic carbocycles. The van der Waals surface area contributed by atoms with Crippen LogP contribution in [0.2, 0.25) is 0 Å². The van der Waals surface area contributed by atoms with Crippen molar-refractivity contribution in [2.24, 2.45) is 0 Å². The van der Waals surface area contributed by atoms with Crippen LogP contribution in [0.4, 0.5) is 0 Å². The number of rotatable bonds is 47. The Labute approximate surface area is 405 Å². The largest absolute Gasteiger partial charge is 0.394 e. The van der Waals surface area contributed by atoms with Gasteiger partial charge < -0.3 is 40.3 Å². The zero-order chi connectivity index (χ0) is 48.0. The van der Waals surface area contributed by atoms with Crippen LogP contribution in [0.3, 0.4) is 0 Å². The van der Waals surface area contributed by atoms with Crippen molar-refractivity contribution in [2.75, 3.05) is 13.2 Å². The minimum absolute atomic E-state index is 0.187. The van der Waals surface area contributed by atoms with Crippen LogP contribution in [0.15, 0.2) is 48.6 Å². The van der Waals surface area contributed by atoms with Gasteiger partial charge in [0, 0.05) is 6.42 Å². The van der Waals surface area contributed by atoms with Gasteiger partial charge in [0.05, 0.1) is 25.4 Å². The van der Waals surface area contributed by atoms with Crippen molar-refractivity contribution in [3.05, 3.63) is 48.6 Å². The number of amides is 1. The summed E-state index contributed by atoms with van der Waals surface area (Å²) in [6, 6.07) is -0.822. The first-order valence-electron chi connectivity index (χ1n) is 27.9. The fraction of sp³-hybridized carbons (Fsp3) is 0.842. The van der Waals surface area contributed by atoms with Gasteiger partial charge in [-0.05, 0) is 64.2 Å². The van der Waals surface area contributed by atoms with E-state index in [1.807, 2.05) is 6.08 Å². The molecule has 386 valence electrons. The summed E-state index contributed by atoms with van der Waals surface area (Å²) in [7, 11) is 0. The van der Waals surface area contributed by atoms with E-state index in [-0.39, 0.29) is 12.5 Å². The molecule has 9 heteroatoms. The molecule has 0 aromatic heterocycles. The van der Waals surface area contributed by atoms with Crippen molar-refractivity contribution in [1.29, 1.82) is 0 Å². The Morgan fingerprint density at radius 2 is 0.909 bits per heavy atom. The van der Waals surface area contributed by atoms with E-state index < -0.39 is 49.5 Å². The number of aliphatic hydroxyl groups is 5. The van der Waals surface area contributed by atoms with Crippen LogP contribution < -0.4 is 5.32 Å². The predicted molar refractivity (Wildman–Crippen MR) is 276 cm³/mol. The zero-order valence-electron chi connectivity index (χ0n) is 42.7. The molecule has 0 aromatic rings. The van der Waals surface area contributed by atoms with Crippen LogP contribution in [0.25, 0.3) is 0 Å². The van der Waals surface area contributed by atoms with Crippen LogP contribution >= 0.6 is 0 Å². The minimum atomic E-state index is -1.57. The molecular formula is C57H105NO8. The first kappa shape index (κ1) is 62.2. The third-order valence-corrected chi connectivity index (χ3v) is 13.1. The van der Waals surface area contributed by atoms with E-state index >= 15 is 0 Å². The van der Waals surface area contributed by atoms with E-state index in [1.165, 1.54) is 186 Å². The highest BCUT2D eigenvalue weighted by molar-refractivity contribution is 5.76. The number of carbonyl (C=O) groups excluding carboxylic acids is 1. The molecule has 0 radical (unpaired) electrons. The summed E-state index contributed by atoms with van der Waals surface area (Å²) in [4.78, 5) is 13.0. The van der Waals surface area contributed by atoms with Gasteiger partial charge in [-0.1, -0.05) is 229 Å². The molecule has 0 saturated carbocycles. The monoisotopic (exact) mass is 932 g/mol. The molecule has 1 amide bonds. The molecule has 7 atom stereocenters. The summed E-state index contributed by atoms with van der Waals surface area (Å²) in [5, 5.41) is 54.3.